The van der Waals surface area contributed by atoms with E-state index in [9.17, 15) is 14.9 Å². The molecule has 11 aromatic rings. The average Bonchev–Trinajstić information content (AvgIpc) is 1.99. The van der Waals surface area contributed by atoms with Gasteiger partial charge in [0.25, 0.3) is 0 Å². The molecule has 25 nitrogen and oxygen atoms in total. The molecule has 1 aliphatic rings. The first-order valence-corrected chi connectivity index (χ1v) is 32.2. The van der Waals surface area contributed by atoms with Crippen LogP contribution in [0.1, 0.15) is 55.6 Å². The zero-order valence-corrected chi connectivity index (χ0v) is 57.4. The maximum absolute atomic E-state index is 11.6. The molecule has 0 aliphatic carbocycles. The van der Waals surface area contributed by atoms with Gasteiger partial charge in [0.1, 0.15) is 12.1 Å². The topological polar surface area (TPSA) is 376 Å². The number of morpholine rings is 1. The van der Waals surface area contributed by atoms with Gasteiger partial charge in [0, 0.05) is 89.0 Å². The van der Waals surface area contributed by atoms with Crippen LogP contribution in [-0.2, 0) is 21.1 Å². The Labute approximate surface area is 576 Å². The fourth-order valence-electron chi connectivity index (χ4n) is 7.47. The Balaban J connectivity index is 0.000000176. The average molecular weight is 1510 g/mol. The molecule has 472 valence electrons. The van der Waals surface area contributed by atoms with E-state index in [2.05, 4.69) is 148 Å². The summed E-state index contributed by atoms with van der Waals surface area (Å²) in [4.78, 5) is 27.5. The largest absolute Gasteiger partial charge is 0.379 e. The molecule has 7 N–H and O–H groups in total. The van der Waals surface area contributed by atoms with Gasteiger partial charge in [-0.3, -0.25) is 9.59 Å². The third kappa shape index (κ3) is 22.6. The third-order valence-electron chi connectivity index (χ3n) is 12.2. The molecule has 0 radical (unpaired) electrons. The van der Waals surface area contributed by atoms with Gasteiger partial charge in [-0.2, -0.15) is 36.6 Å². The van der Waals surface area contributed by atoms with Crippen LogP contribution in [-0.4, -0.2) is 119 Å². The van der Waals surface area contributed by atoms with Crippen LogP contribution in [0.4, 0.5) is 0 Å². The maximum Gasteiger partial charge on any atom is 0.249 e. The minimum absolute atomic E-state index is 0.230. The van der Waals surface area contributed by atoms with Gasteiger partial charge >= 0.3 is 0 Å². The Bertz CT molecular complexity index is 4290. The molecule has 1 saturated heterocycles. The fourth-order valence-corrected chi connectivity index (χ4v) is 11.0. The number of aromatic nitrogens is 18. The van der Waals surface area contributed by atoms with E-state index >= 15 is 0 Å². The number of pyridine rings is 2. The van der Waals surface area contributed by atoms with Crippen LogP contribution in [0.2, 0.25) is 25.1 Å². The first-order chi connectivity index (χ1) is 44.4. The molecule has 0 bridgehead atoms. The maximum atomic E-state index is 11.6. The molecule has 0 unspecified atom stereocenters. The van der Waals surface area contributed by atoms with Crippen molar-refractivity contribution in [1.29, 1.82) is 15.8 Å². The molecule has 0 amide bonds. The van der Waals surface area contributed by atoms with Crippen LogP contribution < -0.4 is 16.4 Å². The SMILES string of the molecule is C1COCCN1.Cc1cc(-c2nn[nH]n2)ccc1Cl.Cc1cc(=O)[nH]c(S)c1C#N.Cc1cc(=O)[nH]c(SCc2cc(-c3nn[nH]n3)ccc2Cl)c1C#N.Cc1cc(C#N)ccc1Cl.Clc1ccc(-c2nn[nH]n2)cc1CBr.Clc1ccc(-c2nn[nH]n2)cc1CBr. The van der Waals surface area contributed by atoms with Crippen LogP contribution in [0.5, 0.6) is 0 Å². The van der Waals surface area contributed by atoms with Crippen molar-refractivity contribution in [2.75, 3.05) is 26.3 Å². The van der Waals surface area contributed by atoms with Crippen LogP contribution in [0.3, 0.4) is 0 Å². The summed E-state index contributed by atoms with van der Waals surface area (Å²) in [5.41, 5.74) is 10.7. The Hall–Kier alpha value is -8.22. The predicted octanol–water partition coefficient (Wildman–Crippen LogP) is 12.3. The fraction of sp³-hybridized carbons (Fsp3) is 0.190. The first kappa shape index (κ1) is 72.8. The van der Waals surface area contributed by atoms with Crippen molar-refractivity contribution in [2.45, 2.75) is 54.2 Å². The minimum atomic E-state index is -0.236. The van der Waals surface area contributed by atoms with Crippen LogP contribution in [0.25, 0.3) is 45.6 Å². The lowest BCUT2D eigenvalue weighted by molar-refractivity contribution is 0.109. The lowest BCUT2D eigenvalue weighted by Gasteiger charge is -2.10. The van der Waals surface area contributed by atoms with Crippen LogP contribution >= 0.6 is 114 Å². The molecule has 1 fully saturated rings. The van der Waals surface area contributed by atoms with Gasteiger partial charge in [-0.25, -0.2) is 0 Å². The molecule has 5 aromatic carbocycles. The zero-order valence-electron chi connectivity index (χ0n) is 48.7. The number of aromatic amines is 6. The van der Waals surface area contributed by atoms with Gasteiger partial charge in [0.15, 0.2) is 0 Å². The molecule has 0 spiro atoms. The number of hydrogen-bond donors (Lipinski definition) is 8. The number of hydrogen-bond acceptors (Lipinski definition) is 21. The Morgan fingerprint density at radius 2 is 0.891 bits per heavy atom. The van der Waals surface area contributed by atoms with Gasteiger partial charge in [-0.05, 0) is 178 Å². The minimum Gasteiger partial charge on any atom is -0.379 e. The van der Waals surface area contributed by atoms with Crippen molar-refractivity contribution in [2.24, 2.45) is 0 Å². The number of thiol groups is 1. The number of alkyl halides is 2. The van der Waals surface area contributed by atoms with Crippen molar-refractivity contribution in [3.05, 3.63) is 205 Å². The molecular weight excluding hydrogens is 1450 g/mol. The summed E-state index contributed by atoms with van der Waals surface area (Å²) < 4.78 is 5.01. The van der Waals surface area contributed by atoms with E-state index in [1.165, 1.54) is 23.9 Å². The summed E-state index contributed by atoms with van der Waals surface area (Å²) in [6, 6.07) is 36.3. The summed E-state index contributed by atoms with van der Waals surface area (Å²) in [5, 5.41) is 90.0. The Morgan fingerprint density at radius 1 is 0.500 bits per heavy atom. The smallest absolute Gasteiger partial charge is 0.249 e. The van der Waals surface area contributed by atoms with Crippen molar-refractivity contribution in [3.63, 3.8) is 0 Å². The lowest BCUT2D eigenvalue weighted by Crippen LogP contribution is -2.30. The zero-order chi connectivity index (χ0) is 66.5. The normalized spacial score (nSPS) is 11.0. The van der Waals surface area contributed by atoms with Crippen LogP contribution in [0, 0.1) is 61.7 Å². The number of tetrazole rings is 4. The summed E-state index contributed by atoms with van der Waals surface area (Å²) in [6.45, 7) is 11.1. The monoisotopic (exact) mass is 1500 g/mol. The first-order valence-electron chi connectivity index (χ1n) is 26.6. The van der Waals surface area contributed by atoms with Crippen molar-refractivity contribution in [3.8, 4) is 63.8 Å². The highest BCUT2D eigenvalue weighted by atomic mass is 79.9. The summed E-state index contributed by atoms with van der Waals surface area (Å²) in [5.74, 6) is 2.69. The van der Waals surface area contributed by atoms with E-state index in [1.54, 1.807) is 44.2 Å². The molecule has 7 heterocycles. The van der Waals surface area contributed by atoms with E-state index in [0.717, 1.165) is 91.4 Å². The highest BCUT2D eigenvalue weighted by Crippen LogP contribution is 2.31. The molecule has 12 rings (SSSR count). The van der Waals surface area contributed by atoms with Crippen molar-refractivity contribution >= 4 is 114 Å². The number of nitriles is 3. The number of H-pyrrole nitrogens is 6. The van der Waals surface area contributed by atoms with E-state index < -0.39 is 0 Å². The van der Waals surface area contributed by atoms with E-state index in [1.807, 2.05) is 86.6 Å². The summed E-state index contributed by atoms with van der Waals surface area (Å²) >= 11 is 41.8. The number of ether oxygens (including phenoxy) is 1. The molecule has 6 aromatic heterocycles. The highest BCUT2D eigenvalue weighted by Gasteiger charge is 2.13. The predicted molar refractivity (Wildman–Crippen MR) is 363 cm³/mol. The van der Waals surface area contributed by atoms with E-state index in [-0.39, 0.29) is 11.1 Å². The number of thioether (sulfide) groups is 1. The second-order valence-corrected chi connectivity index (χ2v) is 23.2. The number of halogens is 7. The summed E-state index contributed by atoms with van der Waals surface area (Å²) in [6.07, 6.45) is 0. The van der Waals surface area contributed by atoms with Gasteiger partial charge in [0.2, 0.25) is 34.4 Å². The summed E-state index contributed by atoms with van der Waals surface area (Å²) in [7, 11) is 0. The Kier molecular flexibility index (Phi) is 30.0. The second kappa shape index (κ2) is 38.0. The number of aryl methyl sites for hydroxylation is 4. The third-order valence-corrected chi connectivity index (χ3v) is 16.7. The standard InChI is InChI=1S/C15H11ClN6OS.2C8H6BrClN4.C8H7ClN4.C8H6ClN.C7H6N2OS.C4H9NO/c1-8-4-13(23)18-15(11(8)6-17)24-7-10-5-9(2-3-12(10)16)14-19-21-22-20-14;2*9-4-6-3-5(1-2-7(6)10)8-11-13-14-12-8;1-5-4-6(2-3-7(5)9)8-10-12-13-11-8;1-6-4-7(5-10)2-3-8(6)9;1-4-2-6(10)9-7(11)5(4)3-8;1-3-6-4-2-5-1/h2-5H,7H2,1H3,(H,18,23)(H,19,20,21,22);2*1-3H,4H2,(H,11,12,13,14);2-4H,1H3,(H,10,11,12,13);2-4H,1H3;2H,1H3,(H2,9,10,11);5H,1-4H2. The van der Waals surface area contributed by atoms with Gasteiger partial charge in [-0.1, -0.05) is 89.9 Å². The molecular formula is C58H51Br2Cl5N22O3S2. The molecule has 92 heavy (non-hydrogen) atoms. The number of benzene rings is 5. The van der Waals surface area contributed by atoms with E-state index in [4.69, 9.17) is 73.3 Å². The lowest BCUT2D eigenvalue weighted by atomic mass is 10.1. The quantitative estimate of drug-likeness (QED) is 0.0378. The van der Waals surface area contributed by atoms with E-state index in [0.29, 0.717) is 87.6 Å². The van der Waals surface area contributed by atoms with Gasteiger partial charge in [-0.15, -0.1) is 65.2 Å². The van der Waals surface area contributed by atoms with Crippen molar-refractivity contribution < 1.29 is 4.74 Å². The van der Waals surface area contributed by atoms with Gasteiger partial charge < -0.3 is 20.0 Å². The Morgan fingerprint density at radius 3 is 1.25 bits per heavy atom. The highest BCUT2D eigenvalue weighted by molar-refractivity contribution is 9.08. The number of nitrogens with zero attached hydrogens (tertiary/aromatic N) is 15. The second-order valence-electron chi connectivity index (χ2n) is 18.6. The molecule has 1 aliphatic heterocycles. The number of rotatable bonds is 9. The number of nitrogens with one attached hydrogen (secondary N) is 7. The molecule has 34 heteroatoms. The van der Waals surface area contributed by atoms with Crippen molar-refractivity contribution in [1.82, 2.24) is 97.8 Å². The van der Waals surface area contributed by atoms with Crippen LogP contribution in [0.15, 0.2) is 123 Å². The van der Waals surface area contributed by atoms with Gasteiger partial charge in [0.05, 0.1) is 46.0 Å². The molecule has 0 atom stereocenters. The molecule has 0 saturated carbocycles.